The molecular formula is C25H18BrIN2. The Bertz CT molecular complexity index is 1130. The predicted molar refractivity (Wildman–Crippen MR) is 133 cm³/mol. The molecule has 4 aromatic carbocycles. The summed E-state index contributed by atoms with van der Waals surface area (Å²) < 4.78 is 2.28. The molecule has 0 aromatic heterocycles. The molecular weight excluding hydrogens is 535 g/mol. The third-order valence-corrected chi connectivity index (χ3v) is 6.91. The average Bonchev–Trinajstić information content (AvgIpc) is 2.99. The topological polar surface area (TPSA) is 52.0 Å². The first-order valence-electron chi connectivity index (χ1n) is 9.32. The summed E-state index contributed by atoms with van der Waals surface area (Å²) in [6.07, 6.45) is 0. The maximum Gasteiger partial charge on any atom is 0.0714 e. The third kappa shape index (κ3) is 2.81. The Labute approximate surface area is 192 Å². The van der Waals surface area contributed by atoms with Crippen LogP contribution in [0, 0.1) is 3.57 Å². The van der Waals surface area contributed by atoms with E-state index in [-0.39, 0.29) is 0 Å². The maximum atomic E-state index is 6.04. The van der Waals surface area contributed by atoms with Gasteiger partial charge in [0, 0.05) is 19.4 Å². The third-order valence-electron chi connectivity index (χ3n) is 5.75. The number of nitrogens with two attached hydrogens (primary N) is 2. The van der Waals surface area contributed by atoms with E-state index in [0.29, 0.717) is 0 Å². The van der Waals surface area contributed by atoms with E-state index in [1.807, 2.05) is 24.3 Å². The van der Waals surface area contributed by atoms with Crippen molar-refractivity contribution in [2.75, 3.05) is 11.5 Å². The highest BCUT2D eigenvalue weighted by Crippen LogP contribution is 2.56. The Morgan fingerprint density at radius 2 is 1.10 bits per heavy atom. The summed E-state index contributed by atoms with van der Waals surface area (Å²) in [6.45, 7) is 0. The number of halogens is 2. The molecule has 0 unspecified atom stereocenters. The van der Waals surface area contributed by atoms with Crippen LogP contribution in [0.3, 0.4) is 0 Å². The van der Waals surface area contributed by atoms with Crippen molar-refractivity contribution < 1.29 is 0 Å². The van der Waals surface area contributed by atoms with Gasteiger partial charge in [-0.05, 0) is 105 Å². The predicted octanol–water partition coefficient (Wildman–Crippen LogP) is 6.58. The molecule has 0 atom stereocenters. The summed E-state index contributed by atoms with van der Waals surface area (Å²) in [6, 6.07) is 29.8. The highest BCUT2D eigenvalue weighted by Gasteiger charge is 2.46. The van der Waals surface area contributed by atoms with Gasteiger partial charge in [-0.15, -0.1) is 0 Å². The zero-order valence-electron chi connectivity index (χ0n) is 15.5. The molecule has 1 aliphatic rings. The quantitative estimate of drug-likeness (QED) is 0.192. The number of fused-ring (bicyclic) bond motifs is 3. The van der Waals surface area contributed by atoms with Gasteiger partial charge in [0.2, 0.25) is 0 Å². The Kier molecular flexibility index (Phi) is 4.44. The largest absolute Gasteiger partial charge is 0.399 e. The Balaban J connectivity index is 1.97. The van der Waals surface area contributed by atoms with Crippen molar-refractivity contribution in [3.8, 4) is 11.1 Å². The van der Waals surface area contributed by atoms with Crippen molar-refractivity contribution >= 4 is 49.9 Å². The van der Waals surface area contributed by atoms with Gasteiger partial charge in [-0.3, -0.25) is 0 Å². The zero-order valence-corrected chi connectivity index (χ0v) is 19.2. The lowest BCUT2D eigenvalue weighted by Gasteiger charge is -2.34. The van der Waals surface area contributed by atoms with Gasteiger partial charge in [0.15, 0.2) is 0 Å². The van der Waals surface area contributed by atoms with Crippen molar-refractivity contribution in [1.82, 2.24) is 0 Å². The van der Waals surface area contributed by atoms with E-state index < -0.39 is 5.41 Å². The minimum absolute atomic E-state index is 0.434. The molecule has 0 radical (unpaired) electrons. The van der Waals surface area contributed by atoms with Crippen LogP contribution in [0.1, 0.15) is 22.3 Å². The van der Waals surface area contributed by atoms with Crippen molar-refractivity contribution in [3.63, 3.8) is 0 Å². The zero-order chi connectivity index (χ0) is 20.2. The average molecular weight is 553 g/mol. The molecule has 0 aliphatic heterocycles. The van der Waals surface area contributed by atoms with E-state index in [2.05, 4.69) is 99.2 Å². The minimum Gasteiger partial charge on any atom is -0.399 e. The summed E-state index contributed by atoms with van der Waals surface area (Å²) in [5.74, 6) is 0. The molecule has 0 heterocycles. The van der Waals surface area contributed by atoms with Crippen LogP contribution in [0.15, 0.2) is 89.4 Å². The fraction of sp³-hybridized carbons (Fsp3) is 0.0400. The number of hydrogen-bond acceptors (Lipinski definition) is 2. The van der Waals surface area contributed by atoms with Crippen molar-refractivity contribution in [3.05, 3.63) is 115 Å². The SMILES string of the molecule is Nc1ccc(C2(c3ccc(N)cc3)c3cc(Br)ccc3-c3ccc(I)cc32)cc1. The molecule has 0 saturated heterocycles. The first kappa shape index (κ1) is 18.7. The summed E-state index contributed by atoms with van der Waals surface area (Å²) in [4.78, 5) is 0. The highest BCUT2D eigenvalue weighted by molar-refractivity contribution is 14.1. The van der Waals surface area contributed by atoms with Crippen LogP contribution in [0.25, 0.3) is 11.1 Å². The normalized spacial score (nSPS) is 13.7. The van der Waals surface area contributed by atoms with Crippen LogP contribution in [0.2, 0.25) is 0 Å². The minimum atomic E-state index is -0.434. The van der Waals surface area contributed by atoms with Crippen LogP contribution >= 0.6 is 38.5 Å². The molecule has 5 rings (SSSR count). The lowest BCUT2D eigenvalue weighted by Crippen LogP contribution is -2.28. The monoisotopic (exact) mass is 552 g/mol. The molecule has 2 nitrogen and oxygen atoms in total. The van der Waals surface area contributed by atoms with Crippen LogP contribution in [0.4, 0.5) is 11.4 Å². The summed E-state index contributed by atoms with van der Waals surface area (Å²) in [7, 11) is 0. The lowest BCUT2D eigenvalue weighted by molar-refractivity contribution is 0.767. The van der Waals surface area contributed by atoms with E-state index in [9.17, 15) is 0 Å². The highest BCUT2D eigenvalue weighted by atomic mass is 127. The standard InChI is InChI=1S/C25H18BrIN2/c26-17-5-11-21-22-12-6-18(27)14-24(22)25(23(21)13-17,15-1-7-19(28)8-2-15)16-3-9-20(29)10-4-16/h1-14H,28-29H2. The molecule has 4 heteroatoms. The molecule has 1 aliphatic carbocycles. The van der Waals surface area contributed by atoms with Gasteiger partial charge in [-0.2, -0.15) is 0 Å². The number of rotatable bonds is 2. The second-order valence-electron chi connectivity index (χ2n) is 7.37. The molecule has 142 valence electrons. The van der Waals surface area contributed by atoms with E-state index in [1.165, 1.54) is 37.0 Å². The number of benzene rings is 4. The molecule has 0 spiro atoms. The molecule has 0 saturated carbocycles. The molecule has 0 amide bonds. The van der Waals surface area contributed by atoms with Gasteiger partial charge in [0.25, 0.3) is 0 Å². The number of anilines is 2. The number of nitrogen functional groups attached to an aromatic ring is 2. The van der Waals surface area contributed by atoms with Gasteiger partial charge in [0.1, 0.15) is 0 Å². The molecule has 0 fully saturated rings. The summed E-state index contributed by atoms with van der Waals surface area (Å²) in [5.41, 5.74) is 20.6. The molecule has 29 heavy (non-hydrogen) atoms. The van der Waals surface area contributed by atoms with Gasteiger partial charge in [-0.1, -0.05) is 52.3 Å². The second kappa shape index (κ2) is 6.89. The smallest absolute Gasteiger partial charge is 0.0714 e. The molecule has 0 bridgehead atoms. The van der Waals surface area contributed by atoms with Gasteiger partial charge < -0.3 is 11.5 Å². The summed E-state index contributed by atoms with van der Waals surface area (Å²) in [5, 5.41) is 0. The van der Waals surface area contributed by atoms with Crippen LogP contribution in [0.5, 0.6) is 0 Å². The van der Waals surface area contributed by atoms with E-state index in [0.717, 1.165) is 15.8 Å². The first-order valence-corrected chi connectivity index (χ1v) is 11.2. The Hall–Kier alpha value is -2.31. The lowest BCUT2D eigenvalue weighted by atomic mass is 9.67. The van der Waals surface area contributed by atoms with Crippen LogP contribution in [-0.4, -0.2) is 0 Å². The maximum absolute atomic E-state index is 6.04. The first-order chi connectivity index (χ1) is 14.0. The molecule has 4 N–H and O–H groups in total. The van der Waals surface area contributed by atoms with Crippen molar-refractivity contribution in [2.45, 2.75) is 5.41 Å². The number of hydrogen-bond donors (Lipinski definition) is 2. The molecule has 4 aromatic rings. The van der Waals surface area contributed by atoms with E-state index >= 15 is 0 Å². The van der Waals surface area contributed by atoms with Crippen molar-refractivity contribution in [2.24, 2.45) is 0 Å². The Morgan fingerprint density at radius 3 is 1.66 bits per heavy atom. The van der Waals surface area contributed by atoms with Gasteiger partial charge in [-0.25, -0.2) is 0 Å². The van der Waals surface area contributed by atoms with Crippen LogP contribution < -0.4 is 11.5 Å². The van der Waals surface area contributed by atoms with E-state index in [1.54, 1.807) is 0 Å². The second-order valence-corrected chi connectivity index (χ2v) is 9.54. The fourth-order valence-corrected chi connectivity index (χ4v) is 5.38. The fourth-order valence-electron chi connectivity index (χ4n) is 4.52. The van der Waals surface area contributed by atoms with E-state index in [4.69, 9.17) is 11.5 Å². The van der Waals surface area contributed by atoms with Crippen LogP contribution in [-0.2, 0) is 5.41 Å². The van der Waals surface area contributed by atoms with Crippen molar-refractivity contribution in [1.29, 1.82) is 0 Å². The van der Waals surface area contributed by atoms with Gasteiger partial charge in [0.05, 0.1) is 5.41 Å². The Morgan fingerprint density at radius 1 is 0.621 bits per heavy atom. The van der Waals surface area contributed by atoms with Gasteiger partial charge >= 0.3 is 0 Å². The summed E-state index contributed by atoms with van der Waals surface area (Å²) >= 11 is 6.10.